The molecule has 0 aliphatic heterocycles. The van der Waals surface area contributed by atoms with Gasteiger partial charge in [-0.15, -0.1) is 11.3 Å². The molecule has 84 valence electrons. The van der Waals surface area contributed by atoms with Crippen molar-refractivity contribution in [1.29, 1.82) is 5.26 Å². The Labute approximate surface area is 108 Å². The second-order valence-corrected chi connectivity index (χ2v) is 6.27. The molecule has 1 heterocycles. The third-order valence-electron chi connectivity index (χ3n) is 1.92. The lowest BCUT2D eigenvalue weighted by Gasteiger charge is -2.15. The molecule has 0 saturated heterocycles. The maximum absolute atomic E-state index is 11.9. The second-order valence-electron chi connectivity index (χ2n) is 4.42. The van der Waals surface area contributed by atoms with E-state index in [0.717, 1.165) is 9.35 Å². The third-order valence-corrected chi connectivity index (χ3v) is 3.56. The second kappa shape index (κ2) is 4.94. The van der Waals surface area contributed by atoms with Crippen molar-refractivity contribution < 1.29 is 4.79 Å². The summed E-state index contributed by atoms with van der Waals surface area (Å²) in [4.78, 5) is 12.8. The molecule has 0 unspecified atom stereocenters. The number of hydrogen-bond donors (Lipinski definition) is 0. The van der Waals surface area contributed by atoms with Crippen LogP contribution in [0.4, 0.5) is 0 Å². The summed E-state index contributed by atoms with van der Waals surface area (Å²) in [6.07, 6.45) is 1.64. The first kappa shape index (κ1) is 13.1. The molecule has 16 heavy (non-hydrogen) atoms. The molecule has 0 aliphatic rings. The van der Waals surface area contributed by atoms with Crippen LogP contribution in [0.25, 0.3) is 6.08 Å². The Morgan fingerprint density at radius 1 is 1.56 bits per heavy atom. The first-order valence-electron chi connectivity index (χ1n) is 4.75. The first-order valence-corrected chi connectivity index (χ1v) is 6.42. The van der Waals surface area contributed by atoms with E-state index in [1.807, 2.05) is 38.3 Å². The Morgan fingerprint density at radius 3 is 2.56 bits per heavy atom. The van der Waals surface area contributed by atoms with Crippen molar-refractivity contribution in [2.24, 2.45) is 5.41 Å². The van der Waals surface area contributed by atoms with Crippen LogP contribution in [0.2, 0.25) is 0 Å². The Morgan fingerprint density at radius 2 is 2.19 bits per heavy atom. The van der Waals surface area contributed by atoms with Gasteiger partial charge in [0.15, 0.2) is 5.78 Å². The molecule has 0 bridgehead atoms. The van der Waals surface area contributed by atoms with E-state index in [-0.39, 0.29) is 11.4 Å². The summed E-state index contributed by atoms with van der Waals surface area (Å²) in [7, 11) is 0. The van der Waals surface area contributed by atoms with E-state index in [1.54, 1.807) is 6.08 Å². The van der Waals surface area contributed by atoms with Gasteiger partial charge in [-0.2, -0.15) is 5.26 Å². The molecule has 1 rings (SSSR count). The van der Waals surface area contributed by atoms with Gasteiger partial charge in [0, 0.05) is 20.1 Å². The number of halogens is 1. The smallest absolute Gasteiger partial charge is 0.178 e. The number of carbonyl (C=O) groups is 1. The molecule has 0 N–H and O–H groups in total. The fourth-order valence-corrected chi connectivity index (χ4v) is 2.47. The van der Waals surface area contributed by atoms with E-state index in [2.05, 4.69) is 15.9 Å². The van der Waals surface area contributed by atoms with Crippen molar-refractivity contribution in [1.82, 2.24) is 0 Å². The predicted molar refractivity (Wildman–Crippen MR) is 70.1 cm³/mol. The Hall–Kier alpha value is -0.920. The van der Waals surface area contributed by atoms with Crippen LogP contribution < -0.4 is 0 Å². The third kappa shape index (κ3) is 3.29. The molecule has 1 aromatic rings. The quantitative estimate of drug-likeness (QED) is 0.611. The standard InChI is InChI=1S/C12H12BrNOS/c1-12(2,3)11(15)8(6-14)4-10-5-9(13)7-16-10/h4-5,7H,1-3H3/b8-4-. The fraction of sp³-hybridized carbons (Fsp3) is 0.333. The molecular weight excluding hydrogens is 286 g/mol. The first-order chi connectivity index (χ1) is 7.34. The van der Waals surface area contributed by atoms with E-state index in [9.17, 15) is 4.79 Å². The maximum atomic E-state index is 11.9. The normalized spacial score (nSPS) is 12.3. The van der Waals surface area contributed by atoms with Crippen LogP contribution in [0, 0.1) is 16.7 Å². The van der Waals surface area contributed by atoms with Gasteiger partial charge in [0.1, 0.15) is 6.07 Å². The van der Waals surface area contributed by atoms with Gasteiger partial charge in [0.2, 0.25) is 0 Å². The van der Waals surface area contributed by atoms with Gasteiger partial charge in [0.05, 0.1) is 5.57 Å². The number of allylic oxidation sites excluding steroid dienone is 1. The summed E-state index contributed by atoms with van der Waals surface area (Å²) in [6, 6.07) is 3.86. The number of hydrogen-bond acceptors (Lipinski definition) is 3. The van der Waals surface area contributed by atoms with E-state index in [0.29, 0.717) is 0 Å². The van der Waals surface area contributed by atoms with Crippen LogP contribution in [0.15, 0.2) is 21.5 Å². The highest BCUT2D eigenvalue weighted by Gasteiger charge is 2.24. The number of nitrogens with zero attached hydrogens (tertiary/aromatic N) is 1. The van der Waals surface area contributed by atoms with Crippen molar-refractivity contribution in [3.63, 3.8) is 0 Å². The minimum absolute atomic E-state index is 0.125. The Balaban J connectivity index is 3.05. The molecule has 4 heteroatoms. The summed E-state index contributed by atoms with van der Waals surface area (Å²) < 4.78 is 0.962. The Kier molecular flexibility index (Phi) is 4.06. The highest BCUT2D eigenvalue weighted by atomic mass is 79.9. The number of nitriles is 1. The van der Waals surface area contributed by atoms with E-state index < -0.39 is 5.41 Å². The lowest BCUT2D eigenvalue weighted by molar-refractivity contribution is -0.121. The van der Waals surface area contributed by atoms with Crippen LogP contribution >= 0.6 is 27.3 Å². The summed E-state index contributed by atoms with van der Waals surface area (Å²) in [5.41, 5.74) is -0.308. The number of Topliss-reactive ketones (excluding diaryl/α,β-unsaturated/α-hetero) is 1. The average molecular weight is 298 g/mol. The van der Waals surface area contributed by atoms with Crippen molar-refractivity contribution in [3.8, 4) is 6.07 Å². The molecule has 2 nitrogen and oxygen atoms in total. The monoisotopic (exact) mass is 297 g/mol. The topological polar surface area (TPSA) is 40.9 Å². The molecular formula is C12H12BrNOS. The molecule has 0 radical (unpaired) electrons. The summed E-state index contributed by atoms with van der Waals surface area (Å²) in [5.74, 6) is -0.125. The highest BCUT2D eigenvalue weighted by Crippen LogP contribution is 2.25. The summed E-state index contributed by atoms with van der Waals surface area (Å²) >= 11 is 4.83. The zero-order chi connectivity index (χ0) is 12.3. The fourth-order valence-electron chi connectivity index (χ4n) is 1.10. The maximum Gasteiger partial charge on any atom is 0.178 e. The molecule has 0 amide bonds. The number of ketones is 1. The van der Waals surface area contributed by atoms with Gasteiger partial charge in [-0.3, -0.25) is 4.79 Å². The van der Waals surface area contributed by atoms with Gasteiger partial charge in [-0.1, -0.05) is 20.8 Å². The van der Waals surface area contributed by atoms with E-state index in [1.165, 1.54) is 11.3 Å². The summed E-state index contributed by atoms with van der Waals surface area (Å²) in [6.45, 7) is 5.43. The zero-order valence-corrected chi connectivity index (χ0v) is 11.8. The van der Waals surface area contributed by atoms with Gasteiger partial charge in [0.25, 0.3) is 0 Å². The largest absolute Gasteiger partial charge is 0.293 e. The average Bonchev–Trinajstić information content (AvgIpc) is 2.58. The molecule has 0 fully saturated rings. The van der Waals surface area contributed by atoms with Crippen LogP contribution in [0.3, 0.4) is 0 Å². The van der Waals surface area contributed by atoms with Crippen LogP contribution in [-0.2, 0) is 4.79 Å². The van der Waals surface area contributed by atoms with Crippen molar-refractivity contribution in [2.75, 3.05) is 0 Å². The SMILES string of the molecule is CC(C)(C)C(=O)/C(C#N)=C\c1cc(Br)cs1. The highest BCUT2D eigenvalue weighted by molar-refractivity contribution is 9.10. The van der Waals surface area contributed by atoms with Crippen molar-refractivity contribution in [3.05, 3.63) is 26.4 Å². The molecule has 0 saturated carbocycles. The summed E-state index contributed by atoms with van der Waals surface area (Å²) in [5, 5.41) is 10.9. The Bertz CT molecular complexity index is 474. The predicted octanol–water partition coefficient (Wildman–Crippen LogP) is 4.03. The van der Waals surface area contributed by atoms with Crippen LogP contribution in [0.5, 0.6) is 0 Å². The van der Waals surface area contributed by atoms with Crippen molar-refractivity contribution in [2.45, 2.75) is 20.8 Å². The van der Waals surface area contributed by atoms with Gasteiger partial charge >= 0.3 is 0 Å². The van der Waals surface area contributed by atoms with Gasteiger partial charge in [-0.05, 0) is 28.1 Å². The van der Waals surface area contributed by atoms with Gasteiger partial charge in [-0.25, -0.2) is 0 Å². The lowest BCUT2D eigenvalue weighted by atomic mass is 9.86. The molecule has 1 aromatic heterocycles. The van der Waals surface area contributed by atoms with E-state index in [4.69, 9.17) is 5.26 Å². The molecule has 0 spiro atoms. The van der Waals surface area contributed by atoms with Gasteiger partial charge < -0.3 is 0 Å². The lowest BCUT2D eigenvalue weighted by Crippen LogP contribution is -2.21. The number of carbonyl (C=O) groups excluding carboxylic acids is 1. The molecule has 0 aromatic carbocycles. The zero-order valence-electron chi connectivity index (χ0n) is 9.37. The minimum Gasteiger partial charge on any atom is -0.293 e. The minimum atomic E-state index is -0.518. The number of rotatable bonds is 2. The van der Waals surface area contributed by atoms with E-state index >= 15 is 0 Å². The van der Waals surface area contributed by atoms with Crippen molar-refractivity contribution >= 4 is 39.1 Å². The molecule has 0 atom stereocenters. The van der Waals surface area contributed by atoms with Crippen LogP contribution in [0.1, 0.15) is 25.6 Å². The molecule has 0 aliphatic carbocycles. The van der Waals surface area contributed by atoms with Crippen LogP contribution in [-0.4, -0.2) is 5.78 Å². The number of thiophene rings is 1.